The van der Waals surface area contributed by atoms with E-state index in [-0.39, 0.29) is 0 Å². The zero-order valence-electron chi connectivity index (χ0n) is 13.5. The maximum atomic E-state index is 9.76. The van der Waals surface area contributed by atoms with Crippen molar-refractivity contribution < 1.29 is 14.1 Å². The van der Waals surface area contributed by atoms with Crippen LogP contribution in [-0.4, -0.2) is 11.1 Å². The van der Waals surface area contributed by atoms with Gasteiger partial charge in [0, 0.05) is 19.0 Å². The minimum Gasteiger partial charge on any atom is -0.508 e. The van der Waals surface area contributed by atoms with Gasteiger partial charge in [-0.25, -0.2) is 4.79 Å². The van der Waals surface area contributed by atoms with Crippen LogP contribution in [-0.2, 0) is 15.4 Å². The number of benzene rings is 1. The van der Waals surface area contributed by atoms with E-state index in [1.807, 2.05) is 18.2 Å². The first-order chi connectivity index (χ1) is 10.7. The number of phenolic OH excluding ortho intramolecular Hbond substituents is 1. The van der Waals surface area contributed by atoms with Gasteiger partial charge < -0.3 is 9.29 Å². The van der Waals surface area contributed by atoms with E-state index in [1.54, 1.807) is 6.07 Å². The average molecular weight is 324 g/mol. The molecule has 0 atom stereocenters. The summed E-state index contributed by atoms with van der Waals surface area (Å²) in [4.78, 5) is 9.76. The van der Waals surface area contributed by atoms with Crippen LogP contribution in [0.2, 0.25) is 0 Å². The van der Waals surface area contributed by atoms with Crippen LogP contribution < -0.4 is 0 Å². The minimum atomic E-state index is -0.529. The second-order valence-corrected chi connectivity index (χ2v) is 5.30. The van der Waals surface area contributed by atoms with E-state index in [4.69, 9.17) is 0 Å². The fraction of sp³-hybridized carbons (Fsp3) is 0.500. The molecule has 0 aliphatic carbocycles. The maximum absolute atomic E-state index is 9.76. The summed E-state index contributed by atoms with van der Waals surface area (Å²) < 4.78 is 3.84. The van der Waals surface area contributed by atoms with Gasteiger partial charge >= 0.3 is 5.97 Å². The van der Waals surface area contributed by atoms with Gasteiger partial charge in [-0.05, 0) is 24.5 Å². The Kier molecular flexibility index (Phi) is 13.6. The van der Waals surface area contributed by atoms with Crippen molar-refractivity contribution in [2.75, 3.05) is 0 Å². The predicted molar refractivity (Wildman–Crippen MR) is 95.1 cm³/mol. The topological polar surface area (TPSA) is 46.5 Å². The van der Waals surface area contributed by atoms with E-state index in [9.17, 15) is 9.90 Å². The molecule has 3 nitrogen and oxygen atoms in total. The van der Waals surface area contributed by atoms with Gasteiger partial charge in [0.05, 0.1) is 0 Å². The summed E-state index contributed by atoms with van der Waals surface area (Å²) >= 11 is 3.17. The molecule has 0 fully saturated rings. The van der Waals surface area contributed by atoms with Crippen LogP contribution in [0, 0.1) is 0 Å². The number of rotatable bonds is 9. The van der Waals surface area contributed by atoms with Gasteiger partial charge in [-0.1, -0.05) is 70.2 Å². The molecule has 1 rings (SSSR count). The van der Waals surface area contributed by atoms with Gasteiger partial charge in [0.1, 0.15) is 5.75 Å². The molecule has 1 aromatic carbocycles. The quantitative estimate of drug-likeness (QED) is 0.282. The number of unbranched alkanes of at least 4 members (excludes halogenated alkanes) is 6. The molecule has 0 aromatic heterocycles. The number of phenols is 1. The third kappa shape index (κ3) is 11.3. The number of para-hydroxylation sites is 1. The Morgan fingerprint density at radius 1 is 1.18 bits per heavy atom. The molecule has 0 amide bonds. The zero-order chi connectivity index (χ0) is 16.6. The van der Waals surface area contributed by atoms with Crippen molar-refractivity contribution >= 4 is 18.9 Å². The normalized spacial score (nSPS) is 9.55. The lowest BCUT2D eigenvalue weighted by Gasteiger charge is -2.04. The molecule has 0 bridgehead atoms. The summed E-state index contributed by atoms with van der Waals surface area (Å²) in [7, 11) is 0. The van der Waals surface area contributed by atoms with Gasteiger partial charge in [-0.3, -0.25) is 0 Å². The first-order valence-electron chi connectivity index (χ1n) is 7.90. The second kappa shape index (κ2) is 14.5. The summed E-state index contributed by atoms with van der Waals surface area (Å²) in [6.45, 7) is 5.36. The van der Waals surface area contributed by atoms with E-state index >= 15 is 0 Å². The van der Waals surface area contributed by atoms with Gasteiger partial charge in [0.25, 0.3) is 0 Å². The van der Waals surface area contributed by atoms with Crippen molar-refractivity contribution in [1.29, 1.82) is 0 Å². The molecule has 124 valence electrons. The lowest BCUT2D eigenvalue weighted by molar-refractivity contribution is -0.127. The number of aryl methyl sites for hydroxylation is 1. The second-order valence-electron chi connectivity index (χ2n) is 5.11. The Hall–Kier alpha value is -1.42. The highest BCUT2D eigenvalue weighted by Gasteiger charge is 1.98. The number of hydrogen-bond donors (Lipinski definition) is 2. The molecule has 1 N–H and O–H groups in total. The predicted octanol–water partition coefficient (Wildman–Crippen LogP) is 5.25. The SMILES string of the molecule is C=CC(=O)OS.CCCCCCCCCc1ccccc1O. The molecule has 0 unspecified atom stereocenters. The largest absolute Gasteiger partial charge is 0.508 e. The van der Waals surface area contributed by atoms with Crippen molar-refractivity contribution in [2.24, 2.45) is 0 Å². The van der Waals surface area contributed by atoms with Crippen LogP contribution in [0.1, 0.15) is 57.4 Å². The fourth-order valence-electron chi connectivity index (χ4n) is 2.03. The fourth-order valence-corrected chi connectivity index (χ4v) is 2.11. The van der Waals surface area contributed by atoms with Crippen LogP contribution >= 0.6 is 12.9 Å². The Labute approximate surface area is 140 Å². The lowest BCUT2D eigenvalue weighted by atomic mass is 10.0. The molecule has 0 spiro atoms. The molecule has 4 heteroatoms. The average Bonchev–Trinajstić information content (AvgIpc) is 2.55. The molecule has 22 heavy (non-hydrogen) atoms. The maximum Gasteiger partial charge on any atom is 0.341 e. The molecule has 0 heterocycles. The highest BCUT2D eigenvalue weighted by molar-refractivity contribution is 7.75. The van der Waals surface area contributed by atoms with Crippen molar-refractivity contribution in [2.45, 2.75) is 58.3 Å². The first kappa shape index (κ1) is 20.6. The molecule has 0 aliphatic heterocycles. The van der Waals surface area contributed by atoms with Crippen LogP contribution in [0.15, 0.2) is 36.9 Å². The Bertz CT molecular complexity index is 419. The molecule has 0 aliphatic rings. The first-order valence-corrected chi connectivity index (χ1v) is 8.26. The number of carbonyl (C=O) groups excluding carboxylic acids is 1. The smallest absolute Gasteiger partial charge is 0.341 e. The lowest BCUT2D eigenvalue weighted by Crippen LogP contribution is -1.87. The molecule has 0 saturated heterocycles. The molecule has 0 saturated carbocycles. The van der Waals surface area contributed by atoms with E-state index in [2.05, 4.69) is 30.6 Å². The Balaban J connectivity index is 0.000000626. The van der Waals surface area contributed by atoms with Crippen molar-refractivity contribution in [1.82, 2.24) is 0 Å². The molecule has 1 aromatic rings. The molecule has 0 radical (unpaired) electrons. The Morgan fingerprint density at radius 3 is 2.27 bits per heavy atom. The zero-order valence-corrected chi connectivity index (χ0v) is 14.4. The highest BCUT2D eigenvalue weighted by atomic mass is 32.1. The van der Waals surface area contributed by atoms with Crippen molar-refractivity contribution in [3.05, 3.63) is 42.5 Å². The summed E-state index contributed by atoms with van der Waals surface area (Å²) in [6, 6.07) is 7.67. The van der Waals surface area contributed by atoms with Gasteiger partial charge in [-0.15, -0.1) is 0 Å². The van der Waals surface area contributed by atoms with Crippen LogP contribution in [0.4, 0.5) is 0 Å². The van der Waals surface area contributed by atoms with Crippen LogP contribution in [0.3, 0.4) is 0 Å². The van der Waals surface area contributed by atoms with E-state index in [0.29, 0.717) is 5.75 Å². The summed E-state index contributed by atoms with van der Waals surface area (Å²) in [5.74, 6) is -0.0770. The van der Waals surface area contributed by atoms with Crippen LogP contribution in [0.5, 0.6) is 5.75 Å². The third-order valence-corrected chi connectivity index (χ3v) is 3.48. The summed E-state index contributed by atoms with van der Waals surface area (Å²) in [5, 5.41) is 9.58. The summed E-state index contributed by atoms with van der Waals surface area (Å²) in [6.07, 6.45) is 11.3. The monoisotopic (exact) mass is 324 g/mol. The van der Waals surface area contributed by atoms with E-state index in [0.717, 1.165) is 18.1 Å². The summed E-state index contributed by atoms with van der Waals surface area (Å²) in [5.41, 5.74) is 1.09. The third-order valence-electron chi connectivity index (χ3n) is 3.30. The van der Waals surface area contributed by atoms with E-state index in [1.165, 1.54) is 44.9 Å². The van der Waals surface area contributed by atoms with Crippen molar-refractivity contribution in [3.8, 4) is 5.75 Å². The van der Waals surface area contributed by atoms with Gasteiger partial charge in [0.2, 0.25) is 0 Å². The minimum absolute atomic E-state index is 0.452. The standard InChI is InChI=1S/C15H24O.C3H4O2S/c1-2-3-4-5-6-7-8-11-14-12-9-10-13-15(14)16;1-2-3(4)5-6/h9-10,12-13,16H,2-8,11H2,1H3;2,6H,1H2. The van der Waals surface area contributed by atoms with Gasteiger partial charge in [-0.2, -0.15) is 0 Å². The highest BCUT2D eigenvalue weighted by Crippen LogP contribution is 2.18. The molecular weight excluding hydrogens is 296 g/mol. The van der Waals surface area contributed by atoms with Gasteiger partial charge in [0.15, 0.2) is 0 Å². The van der Waals surface area contributed by atoms with Crippen LogP contribution in [0.25, 0.3) is 0 Å². The van der Waals surface area contributed by atoms with Crippen molar-refractivity contribution in [3.63, 3.8) is 0 Å². The number of carbonyl (C=O) groups is 1. The van der Waals surface area contributed by atoms with E-state index < -0.39 is 5.97 Å². The number of hydrogen-bond acceptors (Lipinski definition) is 4. The number of aromatic hydroxyl groups is 1. The number of thiol groups is 1. The molecular formula is C18H28O3S. The Morgan fingerprint density at radius 2 is 1.77 bits per heavy atom.